The molecule has 7 nitrogen and oxygen atoms in total. The molecule has 7 heteroatoms. The first-order valence-corrected chi connectivity index (χ1v) is 12.7. The maximum Gasteiger partial charge on any atom is 0.336 e. The van der Waals surface area contributed by atoms with Gasteiger partial charge in [-0.3, -0.25) is 4.79 Å². The maximum absolute atomic E-state index is 13.7. The van der Waals surface area contributed by atoms with Gasteiger partial charge in [0.1, 0.15) is 18.1 Å². The molecule has 0 bridgehead atoms. The van der Waals surface area contributed by atoms with Crippen molar-refractivity contribution in [1.29, 1.82) is 0 Å². The van der Waals surface area contributed by atoms with Crippen LogP contribution in [0.4, 0.5) is 0 Å². The van der Waals surface area contributed by atoms with Gasteiger partial charge in [0.05, 0.1) is 30.0 Å². The zero-order chi connectivity index (χ0) is 25.2. The Kier molecular flexibility index (Phi) is 7.01. The van der Waals surface area contributed by atoms with Crippen molar-refractivity contribution in [2.24, 2.45) is 0 Å². The number of Topliss-reactive ketones (excluding diaryl/α,β-unsaturated/α-hetero) is 1. The molecule has 0 amide bonds. The van der Waals surface area contributed by atoms with E-state index in [1.165, 1.54) is 0 Å². The van der Waals surface area contributed by atoms with Gasteiger partial charge >= 0.3 is 5.97 Å². The fourth-order valence-electron chi connectivity index (χ4n) is 5.45. The van der Waals surface area contributed by atoms with Crippen molar-refractivity contribution >= 4 is 11.8 Å². The Labute approximate surface area is 211 Å². The smallest absolute Gasteiger partial charge is 0.336 e. The highest BCUT2D eigenvalue weighted by atomic mass is 16.6. The Balaban J connectivity index is 1.55. The normalized spacial score (nSPS) is 24.1. The summed E-state index contributed by atoms with van der Waals surface area (Å²) in [5, 5.41) is 3.38. The second-order valence-electron chi connectivity index (χ2n) is 9.97. The molecular weight excluding hydrogens is 458 g/mol. The van der Waals surface area contributed by atoms with E-state index in [1.54, 1.807) is 6.26 Å². The lowest BCUT2D eigenvalue weighted by molar-refractivity contribution is -0.142. The molecule has 1 aromatic carbocycles. The molecule has 190 valence electrons. The number of carbonyl (C=O) groups is 2. The van der Waals surface area contributed by atoms with E-state index in [4.69, 9.17) is 18.6 Å². The number of dihydropyridines is 1. The van der Waals surface area contributed by atoms with Crippen LogP contribution in [0.25, 0.3) is 0 Å². The number of ether oxygens (including phenoxy) is 3. The van der Waals surface area contributed by atoms with Gasteiger partial charge in [0.25, 0.3) is 0 Å². The number of rotatable bonds is 7. The average Bonchev–Trinajstić information content (AvgIpc) is 3.56. The number of furan rings is 1. The molecule has 0 radical (unpaired) electrons. The molecule has 3 heterocycles. The van der Waals surface area contributed by atoms with E-state index in [0.29, 0.717) is 42.0 Å². The number of ketones is 1. The van der Waals surface area contributed by atoms with Crippen molar-refractivity contribution < 1.29 is 28.2 Å². The van der Waals surface area contributed by atoms with Gasteiger partial charge in [0, 0.05) is 41.5 Å². The molecule has 1 saturated heterocycles. The summed E-state index contributed by atoms with van der Waals surface area (Å²) in [6, 6.07) is 11.4. The molecule has 5 rings (SSSR count). The highest BCUT2D eigenvalue weighted by molar-refractivity contribution is 6.04. The lowest BCUT2D eigenvalue weighted by Gasteiger charge is -2.36. The van der Waals surface area contributed by atoms with Gasteiger partial charge in [-0.1, -0.05) is 18.2 Å². The molecule has 2 aliphatic heterocycles. The third-order valence-electron chi connectivity index (χ3n) is 7.01. The fourth-order valence-corrected chi connectivity index (χ4v) is 5.45. The summed E-state index contributed by atoms with van der Waals surface area (Å²) in [5.41, 5.74) is 3.34. The molecular formula is C29H33NO6. The van der Waals surface area contributed by atoms with Crippen LogP contribution in [0, 0.1) is 0 Å². The molecule has 1 fully saturated rings. The molecule has 0 unspecified atom stereocenters. The Morgan fingerprint density at radius 1 is 1.17 bits per heavy atom. The van der Waals surface area contributed by atoms with Gasteiger partial charge in [-0.15, -0.1) is 0 Å². The van der Waals surface area contributed by atoms with E-state index in [2.05, 4.69) is 5.32 Å². The minimum atomic E-state index is -0.585. The lowest BCUT2D eigenvalue weighted by Crippen LogP contribution is -2.36. The third-order valence-corrected chi connectivity index (χ3v) is 7.01. The molecule has 1 N–H and O–H groups in total. The van der Waals surface area contributed by atoms with Crippen LogP contribution in [0.3, 0.4) is 0 Å². The van der Waals surface area contributed by atoms with Gasteiger partial charge in [-0.05, 0) is 58.2 Å². The number of esters is 1. The van der Waals surface area contributed by atoms with Gasteiger partial charge in [-0.2, -0.15) is 0 Å². The van der Waals surface area contributed by atoms with Crippen LogP contribution in [0.15, 0.2) is 69.6 Å². The van der Waals surface area contributed by atoms with Crippen LogP contribution in [-0.4, -0.2) is 37.2 Å². The van der Waals surface area contributed by atoms with Crippen LogP contribution in [-0.2, 0) is 19.1 Å². The number of allylic oxidation sites excluding steroid dienone is 3. The zero-order valence-electron chi connectivity index (χ0n) is 21.0. The highest BCUT2D eigenvalue weighted by Crippen LogP contribution is 2.47. The maximum atomic E-state index is 13.7. The number of hydrogen-bond acceptors (Lipinski definition) is 7. The van der Waals surface area contributed by atoms with E-state index < -0.39 is 11.9 Å². The predicted octanol–water partition coefficient (Wildman–Crippen LogP) is 5.15. The van der Waals surface area contributed by atoms with Crippen LogP contribution in [0.1, 0.15) is 69.6 Å². The standard InChI is InChI=1S/C29H33NO6/c1-17(2)36-25-10-5-4-9-21(25)27-26(29(32)35-16-20-8-6-12-33-20)18(3)30-22-14-19(15-23(31)28(22)27)24-11-7-13-34-24/h4-5,7,9-11,13,17,19-20,27,30H,6,8,12,14-16H2,1-3H3/t19-,20-,27-/m0/s1. The third kappa shape index (κ3) is 4.85. The Bertz CT molecular complexity index is 1190. The van der Waals surface area contributed by atoms with Crippen molar-refractivity contribution in [3.8, 4) is 5.75 Å². The molecule has 1 aliphatic carbocycles. The van der Waals surface area contributed by atoms with E-state index in [0.717, 1.165) is 29.9 Å². The van der Waals surface area contributed by atoms with Crippen LogP contribution in [0.5, 0.6) is 5.75 Å². The summed E-state index contributed by atoms with van der Waals surface area (Å²) in [5.74, 6) is 0.365. The molecule has 3 aliphatic rings. The van der Waals surface area contributed by atoms with E-state index >= 15 is 0 Å². The van der Waals surface area contributed by atoms with Crippen molar-refractivity contribution in [3.63, 3.8) is 0 Å². The summed E-state index contributed by atoms with van der Waals surface area (Å²) in [4.78, 5) is 27.3. The lowest BCUT2D eigenvalue weighted by atomic mass is 9.72. The van der Waals surface area contributed by atoms with E-state index in [1.807, 2.05) is 57.2 Å². The summed E-state index contributed by atoms with van der Waals surface area (Å²) in [6.45, 7) is 6.68. The Hall–Kier alpha value is -3.32. The van der Waals surface area contributed by atoms with Crippen molar-refractivity contribution in [3.05, 3.63) is 76.5 Å². The topological polar surface area (TPSA) is 87.0 Å². The molecule has 0 spiro atoms. The van der Waals surface area contributed by atoms with Gasteiger partial charge in [0.15, 0.2) is 5.78 Å². The predicted molar refractivity (Wildman–Crippen MR) is 133 cm³/mol. The SMILES string of the molecule is CC1=C(C(=O)OC[C@@H]2CCCO2)[C@H](c2ccccc2OC(C)C)C2=C(C[C@H](c3ccco3)CC2=O)N1. The number of para-hydroxylation sites is 1. The number of nitrogens with one attached hydrogen (secondary N) is 1. The zero-order valence-corrected chi connectivity index (χ0v) is 21.0. The summed E-state index contributed by atoms with van der Waals surface area (Å²) in [7, 11) is 0. The fraction of sp³-hybridized carbons (Fsp3) is 0.448. The monoisotopic (exact) mass is 491 g/mol. The van der Waals surface area contributed by atoms with Crippen molar-refractivity contribution in [2.45, 2.75) is 70.5 Å². The Morgan fingerprint density at radius 2 is 2.00 bits per heavy atom. The van der Waals surface area contributed by atoms with E-state index in [9.17, 15) is 9.59 Å². The number of carbonyl (C=O) groups excluding carboxylic acids is 2. The molecule has 3 atom stereocenters. The first-order chi connectivity index (χ1) is 17.4. The molecule has 1 aromatic heterocycles. The minimum absolute atomic E-state index is 0.00794. The summed E-state index contributed by atoms with van der Waals surface area (Å²) >= 11 is 0. The van der Waals surface area contributed by atoms with Gasteiger partial charge < -0.3 is 23.9 Å². The summed E-state index contributed by atoms with van der Waals surface area (Å²) in [6.07, 6.45) is 4.26. The minimum Gasteiger partial charge on any atom is -0.491 e. The van der Waals surface area contributed by atoms with E-state index in [-0.39, 0.29) is 30.5 Å². The first-order valence-electron chi connectivity index (χ1n) is 12.7. The van der Waals surface area contributed by atoms with Crippen LogP contribution >= 0.6 is 0 Å². The quantitative estimate of drug-likeness (QED) is 0.536. The average molecular weight is 492 g/mol. The highest BCUT2D eigenvalue weighted by Gasteiger charge is 2.43. The van der Waals surface area contributed by atoms with Crippen LogP contribution < -0.4 is 10.1 Å². The van der Waals surface area contributed by atoms with Gasteiger partial charge in [0.2, 0.25) is 0 Å². The molecule has 36 heavy (non-hydrogen) atoms. The summed E-state index contributed by atoms with van der Waals surface area (Å²) < 4.78 is 23.1. The van der Waals surface area contributed by atoms with Gasteiger partial charge in [-0.25, -0.2) is 4.79 Å². The second kappa shape index (κ2) is 10.3. The number of benzene rings is 1. The second-order valence-corrected chi connectivity index (χ2v) is 9.97. The molecule has 0 saturated carbocycles. The first kappa shape index (κ1) is 24.4. The Morgan fingerprint density at radius 3 is 2.72 bits per heavy atom. The van der Waals surface area contributed by atoms with Crippen molar-refractivity contribution in [2.75, 3.05) is 13.2 Å². The number of hydrogen-bond donors (Lipinski definition) is 1. The van der Waals surface area contributed by atoms with Crippen molar-refractivity contribution in [1.82, 2.24) is 5.32 Å². The molecule has 2 aromatic rings. The largest absolute Gasteiger partial charge is 0.491 e. The van der Waals surface area contributed by atoms with Crippen LogP contribution in [0.2, 0.25) is 0 Å².